The van der Waals surface area contributed by atoms with Crippen molar-refractivity contribution in [2.24, 2.45) is 0 Å². The number of unbranched alkanes of at least 4 members (excludes halogenated alkanes) is 1. The van der Waals surface area contributed by atoms with Gasteiger partial charge in [-0.15, -0.1) is 11.3 Å². The van der Waals surface area contributed by atoms with Gasteiger partial charge in [0.2, 0.25) is 5.91 Å². The molecule has 1 aliphatic rings. The summed E-state index contributed by atoms with van der Waals surface area (Å²) < 4.78 is 48.8. The highest BCUT2D eigenvalue weighted by Gasteiger charge is 2.24. The molecule has 1 aromatic heterocycles. The standard InChI is InChI=1S/C30H33N5O9S2/c1-20-26(44-21(2)43-20)18-42-30(38)35-46(39,40)31-16-10-9-15-24(33-29(37)41-17-22-11-5-3-6-12-22)27(36)34-28-32-25(19-45-28)23-13-7-4-8-14-23/h3-8,11-14,19,24,31H,2,9-10,15-18H2,1H3,(H,33,37)(H,35,38)(H,32,34,36)/t24-/m0/s1. The van der Waals surface area contributed by atoms with E-state index in [2.05, 4.69) is 26.9 Å². The third-order valence-corrected chi connectivity index (χ3v) is 8.06. The molecule has 0 saturated heterocycles. The van der Waals surface area contributed by atoms with Crippen molar-refractivity contribution in [3.8, 4) is 11.3 Å². The highest BCUT2D eigenvalue weighted by molar-refractivity contribution is 7.88. The molecular weight excluding hydrogens is 638 g/mol. The number of amides is 3. The first-order chi connectivity index (χ1) is 22.1. The fourth-order valence-electron chi connectivity index (χ4n) is 4.02. The third kappa shape index (κ3) is 10.9. The number of benzene rings is 2. The summed E-state index contributed by atoms with van der Waals surface area (Å²) in [7, 11) is -4.24. The molecule has 2 aromatic carbocycles. The van der Waals surface area contributed by atoms with E-state index in [0.29, 0.717) is 23.0 Å². The van der Waals surface area contributed by atoms with Gasteiger partial charge in [0, 0.05) is 17.5 Å². The summed E-state index contributed by atoms with van der Waals surface area (Å²) in [5.74, 6) is 0.0350. The molecule has 4 rings (SSSR count). The van der Waals surface area contributed by atoms with Gasteiger partial charge in [0.25, 0.3) is 5.95 Å². The lowest BCUT2D eigenvalue weighted by molar-refractivity contribution is -0.118. The molecule has 0 saturated carbocycles. The van der Waals surface area contributed by atoms with Crippen LogP contribution in [0.2, 0.25) is 0 Å². The third-order valence-electron chi connectivity index (χ3n) is 6.29. The van der Waals surface area contributed by atoms with E-state index in [0.717, 1.165) is 11.1 Å². The van der Waals surface area contributed by atoms with Gasteiger partial charge < -0.3 is 29.6 Å². The number of allylic oxidation sites excluding steroid dienone is 1. The molecule has 0 fully saturated rings. The van der Waals surface area contributed by atoms with Crippen LogP contribution in [0.3, 0.4) is 0 Å². The molecule has 244 valence electrons. The van der Waals surface area contributed by atoms with Crippen molar-refractivity contribution in [3.05, 3.63) is 95.6 Å². The summed E-state index contributed by atoms with van der Waals surface area (Å²) in [6.07, 6.45) is -1.26. The van der Waals surface area contributed by atoms with E-state index >= 15 is 0 Å². The zero-order valence-corrected chi connectivity index (χ0v) is 26.4. The minimum Gasteiger partial charge on any atom is -0.445 e. The number of anilines is 1. The van der Waals surface area contributed by atoms with E-state index in [-0.39, 0.29) is 44.3 Å². The summed E-state index contributed by atoms with van der Waals surface area (Å²) in [5.41, 5.74) is 2.36. The second-order valence-electron chi connectivity index (χ2n) is 9.78. The monoisotopic (exact) mass is 671 g/mol. The zero-order valence-electron chi connectivity index (χ0n) is 24.8. The van der Waals surface area contributed by atoms with Crippen molar-refractivity contribution in [2.45, 2.75) is 38.8 Å². The van der Waals surface area contributed by atoms with Gasteiger partial charge in [-0.1, -0.05) is 60.7 Å². The lowest BCUT2D eigenvalue weighted by Gasteiger charge is -2.18. The first kappa shape index (κ1) is 34.0. The molecule has 1 atom stereocenters. The van der Waals surface area contributed by atoms with Crippen molar-refractivity contribution in [1.29, 1.82) is 0 Å². The van der Waals surface area contributed by atoms with Gasteiger partial charge in [-0.25, -0.2) is 19.3 Å². The van der Waals surface area contributed by atoms with E-state index < -0.39 is 34.3 Å². The van der Waals surface area contributed by atoms with Crippen LogP contribution in [-0.2, 0) is 40.6 Å². The maximum absolute atomic E-state index is 13.2. The van der Waals surface area contributed by atoms with Crippen molar-refractivity contribution >= 4 is 44.8 Å². The molecule has 0 aliphatic carbocycles. The molecular formula is C30H33N5O9S2. The molecule has 0 radical (unpaired) electrons. The first-order valence-corrected chi connectivity index (χ1v) is 16.4. The number of hydrogen-bond acceptors (Lipinski definition) is 11. The quantitative estimate of drug-likeness (QED) is 0.168. The number of rotatable bonds is 15. The van der Waals surface area contributed by atoms with Gasteiger partial charge in [0.15, 0.2) is 17.5 Å². The number of carbonyl (C=O) groups is 3. The molecule has 0 spiro atoms. The van der Waals surface area contributed by atoms with Crippen LogP contribution in [0.1, 0.15) is 31.7 Å². The van der Waals surface area contributed by atoms with Crippen molar-refractivity contribution in [1.82, 2.24) is 19.7 Å². The molecule has 2 heterocycles. The van der Waals surface area contributed by atoms with Crippen LogP contribution in [0.4, 0.5) is 14.7 Å². The summed E-state index contributed by atoms with van der Waals surface area (Å²) in [4.78, 5) is 42.2. The van der Waals surface area contributed by atoms with Crippen LogP contribution in [0.15, 0.2) is 90.1 Å². The molecule has 0 unspecified atom stereocenters. The normalized spacial score (nSPS) is 13.3. The van der Waals surface area contributed by atoms with Gasteiger partial charge in [0.1, 0.15) is 18.4 Å². The van der Waals surface area contributed by atoms with Gasteiger partial charge in [-0.3, -0.25) is 4.79 Å². The van der Waals surface area contributed by atoms with E-state index in [1.54, 1.807) is 23.8 Å². The highest BCUT2D eigenvalue weighted by Crippen LogP contribution is 2.25. The number of carbonyl (C=O) groups excluding carboxylic acids is 3. The van der Waals surface area contributed by atoms with E-state index in [1.165, 1.54) is 11.3 Å². The second kappa shape index (κ2) is 16.4. The lowest BCUT2D eigenvalue weighted by atomic mass is 10.1. The Kier molecular flexibility index (Phi) is 12.1. The van der Waals surface area contributed by atoms with Crippen molar-refractivity contribution in [3.63, 3.8) is 0 Å². The molecule has 0 bridgehead atoms. The number of ether oxygens (including phenoxy) is 4. The number of alkyl carbamates (subject to hydrolysis) is 1. The Labute approximate surface area is 270 Å². The molecule has 1 aliphatic heterocycles. The largest absolute Gasteiger partial charge is 0.445 e. The van der Waals surface area contributed by atoms with Crippen LogP contribution in [0, 0.1) is 0 Å². The predicted octanol–water partition coefficient (Wildman–Crippen LogP) is 4.52. The van der Waals surface area contributed by atoms with Crippen molar-refractivity contribution in [2.75, 3.05) is 18.5 Å². The SMILES string of the molecule is C=C1OC(C)=C(COC(=O)NS(=O)(=O)NCCCC[C@H](NC(=O)OCc2ccccc2)C(=O)Nc2nc(-c3ccccc3)cs2)O1. The minimum atomic E-state index is -4.24. The first-order valence-electron chi connectivity index (χ1n) is 14.1. The van der Waals surface area contributed by atoms with E-state index in [4.69, 9.17) is 18.9 Å². The number of thiazole rings is 1. The Hall–Kier alpha value is -4.93. The van der Waals surface area contributed by atoms with Crippen LogP contribution in [-0.4, -0.2) is 50.7 Å². The average Bonchev–Trinajstić information content (AvgIpc) is 3.63. The number of aromatic nitrogens is 1. The number of nitrogens with zero attached hydrogens (tertiary/aromatic N) is 1. The Balaban J connectivity index is 1.26. The van der Waals surface area contributed by atoms with Crippen LogP contribution in [0.25, 0.3) is 11.3 Å². The predicted molar refractivity (Wildman–Crippen MR) is 169 cm³/mol. The van der Waals surface area contributed by atoms with Gasteiger partial charge >= 0.3 is 22.4 Å². The zero-order chi connectivity index (χ0) is 32.9. The molecule has 16 heteroatoms. The summed E-state index contributed by atoms with van der Waals surface area (Å²) in [6, 6.07) is 17.5. The Morgan fingerprint density at radius 2 is 1.65 bits per heavy atom. The molecule has 3 amide bonds. The fourth-order valence-corrected chi connectivity index (χ4v) is 5.50. The Morgan fingerprint density at radius 1 is 0.957 bits per heavy atom. The minimum absolute atomic E-state index is 0.0123. The molecule has 46 heavy (non-hydrogen) atoms. The topological polar surface area (TPSA) is 183 Å². The summed E-state index contributed by atoms with van der Waals surface area (Å²) >= 11 is 1.24. The summed E-state index contributed by atoms with van der Waals surface area (Å²) in [5, 5.41) is 7.48. The fraction of sp³-hybridized carbons (Fsp3) is 0.267. The van der Waals surface area contributed by atoms with Gasteiger partial charge in [-0.2, -0.15) is 13.1 Å². The van der Waals surface area contributed by atoms with E-state index in [1.807, 2.05) is 53.9 Å². The molecule has 4 N–H and O–H groups in total. The number of nitrogens with one attached hydrogen (secondary N) is 4. The van der Waals surface area contributed by atoms with E-state index in [9.17, 15) is 22.8 Å². The average molecular weight is 672 g/mol. The lowest BCUT2D eigenvalue weighted by Crippen LogP contribution is -2.44. The maximum Gasteiger partial charge on any atom is 0.422 e. The number of hydrogen-bond donors (Lipinski definition) is 4. The Morgan fingerprint density at radius 3 is 2.35 bits per heavy atom. The van der Waals surface area contributed by atoms with Crippen LogP contribution in [0.5, 0.6) is 0 Å². The summed E-state index contributed by atoms with van der Waals surface area (Å²) in [6.45, 7) is 4.64. The van der Waals surface area contributed by atoms with Crippen LogP contribution < -0.4 is 20.1 Å². The van der Waals surface area contributed by atoms with Crippen molar-refractivity contribution < 1.29 is 41.7 Å². The molecule has 3 aromatic rings. The molecule has 14 nitrogen and oxygen atoms in total. The van der Waals surface area contributed by atoms with Gasteiger partial charge in [0.05, 0.1) is 5.69 Å². The maximum atomic E-state index is 13.2. The Bertz CT molecular complexity index is 1660. The highest BCUT2D eigenvalue weighted by atomic mass is 32.2. The van der Waals surface area contributed by atoms with Crippen LogP contribution >= 0.6 is 11.3 Å². The second-order valence-corrected chi connectivity index (χ2v) is 12.1. The smallest absolute Gasteiger partial charge is 0.422 e. The van der Waals surface area contributed by atoms with Gasteiger partial charge in [-0.05, 0) is 38.3 Å².